The second-order valence-electron chi connectivity index (χ2n) is 2.92. The number of unbranched alkanes of at least 4 members (excludes halogenated alkanes) is 2. The first-order valence-electron chi connectivity index (χ1n) is 4.65. The fourth-order valence-corrected chi connectivity index (χ4v) is 0.910. The summed E-state index contributed by atoms with van der Waals surface area (Å²) in [5.41, 5.74) is 0. The molecule has 0 aliphatic carbocycles. The minimum absolute atomic E-state index is 0.116. The van der Waals surface area contributed by atoms with E-state index in [1.54, 1.807) is 13.0 Å². The first-order valence-corrected chi connectivity index (χ1v) is 4.65. The molecule has 0 aromatic heterocycles. The van der Waals surface area contributed by atoms with Gasteiger partial charge in [-0.1, -0.05) is 25.8 Å². The summed E-state index contributed by atoms with van der Waals surface area (Å²) in [6.45, 7) is 5.61. The minimum atomic E-state index is 0.116. The summed E-state index contributed by atoms with van der Waals surface area (Å²) < 4.78 is 0. The Balaban J connectivity index is 3.05. The van der Waals surface area contributed by atoms with Crippen molar-refractivity contribution < 1.29 is 4.79 Å². The summed E-state index contributed by atoms with van der Waals surface area (Å²) >= 11 is 0. The third kappa shape index (κ3) is 9.37. The second kappa shape index (κ2) is 8.47. The van der Waals surface area contributed by atoms with Gasteiger partial charge in [-0.3, -0.25) is 4.79 Å². The molecule has 0 saturated carbocycles. The Bertz CT molecular complexity index is 141. The number of hydrogen-bond donors (Lipinski definition) is 1. The Labute approximate surface area is 75.0 Å². The highest BCUT2D eigenvalue weighted by atomic mass is 16.1. The zero-order chi connectivity index (χ0) is 9.23. The summed E-state index contributed by atoms with van der Waals surface area (Å²) in [7, 11) is 0. The highest BCUT2D eigenvalue weighted by Crippen LogP contribution is 1.90. The van der Waals surface area contributed by atoms with E-state index in [4.69, 9.17) is 0 Å². The van der Waals surface area contributed by atoms with E-state index in [2.05, 4.69) is 12.2 Å². The summed E-state index contributed by atoms with van der Waals surface area (Å²) in [6.07, 6.45) is 7.24. The fraction of sp³-hybridized carbons (Fsp3) is 0.700. The average Bonchev–Trinajstić information content (AvgIpc) is 2.02. The van der Waals surface area contributed by atoms with Crippen LogP contribution in [-0.2, 0) is 4.79 Å². The van der Waals surface area contributed by atoms with Gasteiger partial charge in [-0.15, -0.1) is 0 Å². The van der Waals surface area contributed by atoms with Crippen molar-refractivity contribution in [1.82, 2.24) is 5.32 Å². The van der Waals surface area contributed by atoms with Crippen LogP contribution in [0.1, 0.15) is 33.1 Å². The summed E-state index contributed by atoms with van der Waals surface area (Å²) in [5, 5.41) is 3.24. The molecular weight excluding hydrogens is 150 g/mol. The molecule has 0 aromatic carbocycles. The van der Waals surface area contributed by atoms with Gasteiger partial charge < -0.3 is 5.32 Å². The molecule has 1 N–H and O–H groups in total. The van der Waals surface area contributed by atoms with Crippen molar-refractivity contribution in [2.45, 2.75) is 33.1 Å². The Morgan fingerprint density at radius 2 is 2.17 bits per heavy atom. The van der Waals surface area contributed by atoms with E-state index >= 15 is 0 Å². The van der Waals surface area contributed by atoms with E-state index in [1.165, 1.54) is 19.3 Å². The topological polar surface area (TPSA) is 29.1 Å². The van der Waals surface area contributed by atoms with Gasteiger partial charge in [-0.05, 0) is 26.0 Å². The van der Waals surface area contributed by atoms with E-state index in [-0.39, 0.29) is 5.78 Å². The molecular formula is C10H19NO. The van der Waals surface area contributed by atoms with Gasteiger partial charge in [0.05, 0.1) is 0 Å². The zero-order valence-electron chi connectivity index (χ0n) is 8.10. The molecule has 0 radical (unpaired) electrons. The zero-order valence-corrected chi connectivity index (χ0v) is 8.10. The largest absolute Gasteiger partial charge is 0.313 e. The molecule has 12 heavy (non-hydrogen) atoms. The van der Waals surface area contributed by atoms with Crippen LogP contribution in [0.5, 0.6) is 0 Å². The molecule has 0 aliphatic rings. The van der Waals surface area contributed by atoms with E-state index in [0.717, 1.165) is 13.1 Å². The molecule has 0 rings (SSSR count). The van der Waals surface area contributed by atoms with Crippen molar-refractivity contribution in [1.29, 1.82) is 0 Å². The van der Waals surface area contributed by atoms with E-state index in [9.17, 15) is 4.79 Å². The molecule has 0 amide bonds. The molecule has 2 nitrogen and oxygen atoms in total. The molecule has 0 bridgehead atoms. The molecule has 0 unspecified atom stereocenters. The lowest BCUT2D eigenvalue weighted by atomic mass is 10.2. The van der Waals surface area contributed by atoms with E-state index < -0.39 is 0 Å². The molecule has 2 heteroatoms. The molecule has 0 fully saturated rings. The maximum Gasteiger partial charge on any atom is 0.152 e. The Morgan fingerprint density at radius 1 is 1.42 bits per heavy atom. The van der Waals surface area contributed by atoms with Crippen LogP contribution in [0.15, 0.2) is 12.2 Å². The van der Waals surface area contributed by atoms with Crippen molar-refractivity contribution in [3.05, 3.63) is 12.2 Å². The number of rotatable bonds is 7. The molecule has 0 spiro atoms. The lowest BCUT2D eigenvalue weighted by molar-refractivity contribution is -0.112. The number of hydrogen-bond acceptors (Lipinski definition) is 2. The molecule has 0 saturated heterocycles. The smallest absolute Gasteiger partial charge is 0.152 e. The van der Waals surface area contributed by atoms with Gasteiger partial charge in [0.15, 0.2) is 5.78 Å². The quantitative estimate of drug-likeness (QED) is 0.466. The van der Waals surface area contributed by atoms with Crippen molar-refractivity contribution in [2.75, 3.05) is 13.1 Å². The highest BCUT2D eigenvalue weighted by Gasteiger charge is 1.84. The number of nitrogens with one attached hydrogen (secondary N) is 1. The van der Waals surface area contributed by atoms with Crippen LogP contribution < -0.4 is 5.32 Å². The monoisotopic (exact) mass is 169 g/mol. The van der Waals surface area contributed by atoms with E-state index in [1.807, 2.05) is 6.08 Å². The number of allylic oxidation sites excluding steroid dienone is 1. The van der Waals surface area contributed by atoms with Crippen LogP contribution in [-0.4, -0.2) is 18.9 Å². The Hall–Kier alpha value is -0.630. The van der Waals surface area contributed by atoms with Crippen LogP contribution in [0.2, 0.25) is 0 Å². The summed E-state index contributed by atoms with van der Waals surface area (Å²) in [6, 6.07) is 0. The van der Waals surface area contributed by atoms with Crippen molar-refractivity contribution in [2.24, 2.45) is 0 Å². The maximum absolute atomic E-state index is 10.5. The van der Waals surface area contributed by atoms with Gasteiger partial charge in [0.25, 0.3) is 0 Å². The van der Waals surface area contributed by atoms with Crippen molar-refractivity contribution in [3.8, 4) is 0 Å². The van der Waals surface area contributed by atoms with Crippen LogP contribution in [0.3, 0.4) is 0 Å². The molecule has 0 heterocycles. The lowest BCUT2D eigenvalue weighted by Gasteiger charge is -1.98. The predicted molar refractivity (Wildman–Crippen MR) is 52.2 cm³/mol. The number of carbonyl (C=O) groups excluding carboxylic acids is 1. The standard InChI is InChI=1S/C10H19NO/c1-3-4-5-8-11-9-6-7-10(2)12/h6-7,11H,3-5,8-9H2,1-2H3. The van der Waals surface area contributed by atoms with Gasteiger partial charge in [0.1, 0.15) is 0 Å². The summed E-state index contributed by atoms with van der Waals surface area (Å²) in [5.74, 6) is 0.116. The highest BCUT2D eigenvalue weighted by molar-refractivity contribution is 5.87. The Kier molecular flexibility index (Phi) is 8.02. The molecule has 0 aromatic rings. The SMILES string of the molecule is CCCCCNCC=CC(C)=O. The number of ketones is 1. The van der Waals surface area contributed by atoms with Crippen molar-refractivity contribution >= 4 is 5.78 Å². The van der Waals surface area contributed by atoms with Crippen LogP contribution in [0.4, 0.5) is 0 Å². The first-order chi connectivity index (χ1) is 5.77. The maximum atomic E-state index is 10.5. The van der Waals surface area contributed by atoms with Crippen molar-refractivity contribution in [3.63, 3.8) is 0 Å². The van der Waals surface area contributed by atoms with E-state index in [0.29, 0.717) is 0 Å². The third-order valence-electron chi connectivity index (χ3n) is 1.57. The molecule has 0 aliphatic heterocycles. The first kappa shape index (κ1) is 11.4. The Morgan fingerprint density at radius 3 is 2.75 bits per heavy atom. The predicted octanol–water partition coefficient (Wildman–Crippen LogP) is 1.91. The van der Waals surface area contributed by atoms with Gasteiger partial charge in [0.2, 0.25) is 0 Å². The minimum Gasteiger partial charge on any atom is -0.313 e. The van der Waals surface area contributed by atoms with Gasteiger partial charge in [-0.2, -0.15) is 0 Å². The second-order valence-corrected chi connectivity index (χ2v) is 2.92. The van der Waals surface area contributed by atoms with Crippen LogP contribution in [0, 0.1) is 0 Å². The van der Waals surface area contributed by atoms with Crippen LogP contribution in [0.25, 0.3) is 0 Å². The lowest BCUT2D eigenvalue weighted by Crippen LogP contribution is -2.14. The average molecular weight is 169 g/mol. The third-order valence-corrected chi connectivity index (χ3v) is 1.57. The van der Waals surface area contributed by atoms with Gasteiger partial charge in [-0.25, -0.2) is 0 Å². The van der Waals surface area contributed by atoms with Gasteiger partial charge in [0, 0.05) is 6.54 Å². The van der Waals surface area contributed by atoms with Gasteiger partial charge >= 0.3 is 0 Å². The number of carbonyl (C=O) groups is 1. The molecule has 70 valence electrons. The van der Waals surface area contributed by atoms with Crippen LogP contribution >= 0.6 is 0 Å². The normalized spacial score (nSPS) is 10.8. The summed E-state index contributed by atoms with van der Waals surface area (Å²) in [4.78, 5) is 10.5. The molecule has 0 atom stereocenters. The fourth-order valence-electron chi connectivity index (χ4n) is 0.910.